The molecular weight excluding hydrogens is 348 g/mol. The summed E-state index contributed by atoms with van der Waals surface area (Å²) in [4.78, 5) is 28.8. The van der Waals surface area contributed by atoms with Crippen LogP contribution in [0.5, 0.6) is 0 Å². The van der Waals surface area contributed by atoms with E-state index < -0.39 is 35.1 Å². The molecule has 134 valence electrons. The monoisotopic (exact) mass is 367 g/mol. The second kappa shape index (κ2) is 8.15. The number of halogens is 2. The van der Waals surface area contributed by atoms with Crippen molar-refractivity contribution >= 4 is 23.2 Å². The van der Waals surface area contributed by atoms with Gasteiger partial charge in [0.05, 0.1) is 17.2 Å². The Kier molecular flexibility index (Phi) is 6.19. The maximum atomic E-state index is 13.7. The van der Waals surface area contributed by atoms with E-state index >= 15 is 0 Å². The van der Waals surface area contributed by atoms with Crippen LogP contribution < -0.4 is 10.6 Å². The van der Waals surface area contributed by atoms with Crippen LogP contribution in [0.15, 0.2) is 23.6 Å². The molecule has 0 aliphatic rings. The normalized spacial score (nSPS) is 12.1. The molecular formula is C17H19F2N3O2S. The zero-order valence-corrected chi connectivity index (χ0v) is 14.9. The van der Waals surface area contributed by atoms with Crippen molar-refractivity contribution in [3.8, 4) is 0 Å². The largest absolute Gasteiger partial charge is 0.349 e. The third-order valence-electron chi connectivity index (χ3n) is 3.54. The van der Waals surface area contributed by atoms with Gasteiger partial charge in [-0.25, -0.2) is 13.8 Å². The van der Waals surface area contributed by atoms with Gasteiger partial charge in [-0.15, -0.1) is 11.3 Å². The average molecular weight is 367 g/mol. The Labute approximate surface area is 148 Å². The summed E-state index contributed by atoms with van der Waals surface area (Å²) in [6, 6.07) is 2.23. The molecule has 0 bridgehead atoms. The van der Waals surface area contributed by atoms with Crippen molar-refractivity contribution in [1.29, 1.82) is 0 Å². The topological polar surface area (TPSA) is 71.1 Å². The quantitative estimate of drug-likeness (QED) is 0.825. The van der Waals surface area contributed by atoms with Gasteiger partial charge in [0.1, 0.15) is 23.2 Å². The maximum absolute atomic E-state index is 13.7. The van der Waals surface area contributed by atoms with Crippen LogP contribution in [-0.2, 0) is 11.3 Å². The molecule has 0 fully saturated rings. The van der Waals surface area contributed by atoms with Crippen molar-refractivity contribution in [2.75, 3.05) is 0 Å². The number of amides is 2. The Morgan fingerprint density at radius 3 is 2.40 bits per heavy atom. The Balaban J connectivity index is 2.07. The number of nitrogens with zero attached hydrogens (tertiary/aromatic N) is 1. The fraction of sp³-hybridized carbons (Fsp3) is 0.353. The van der Waals surface area contributed by atoms with Gasteiger partial charge in [0.15, 0.2) is 0 Å². The van der Waals surface area contributed by atoms with Crippen molar-refractivity contribution in [2.24, 2.45) is 5.92 Å². The van der Waals surface area contributed by atoms with Crippen LogP contribution in [0.2, 0.25) is 0 Å². The van der Waals surface area contributed by atoms with E-state index in [1.54, 1.807) is 13.8 Å². The Morgan fingerprint density at radius 1 is 1.24 bits per heavy atom. The van der Waals surface area contributed by atoms with E-state index in [1.165, 1.54) is 17.4 Å². The van der Waals surface area contributed by atoms with Gasteiger partial charge >= 0.3 is 0 Å². The predicted octanol–water partition coefficient (Wildman–Crippen LogP) is 2.80. The molecule has 0 spiro atoms. The second-order valence-corrected chi connectivity index (χ2v) is 6.93. The number of rotatable bonds is 6. The molecule has 1 heterocycles. The summed E-state index contributed by atoms with van der Waals surface area (Å²) < 4.78 is 27.4. The Bertz CT molecular complexity index is 757. The van der Waals surface area contributed by atoms with Gasteiger partial charge in [0.25, 0.3) is 5.91 Å². The molecule has 0 radical (unpaired) electrons. The van der Waals surface area contributed by atoms with Crippen LogP contribution in [0.4, 0.5) is 8.78 Å². The van der Waals surface area contributed by atoms with Crippen molar-refractivity contribution < 1.29 is 18.4 Å². The molecule has 0 aliphatic heterocycles. The summed E-state index contributed by atoms with van der Waals surface area (Å²) >= 11 is 1.47. The van der Waals surface area contributed by atoms with E-state index in [-0.39, 0.29) is 12.5 Å². The first kappa shape index (κ1) is 19.0. The number of aromatic nitrogens is 1. The third kappa shape index (κ3) is 4.82. The smallest absolute Gasteiger partial charge is 0.257 e. The van der Waals surface area contributed by atoms with Gasteiger partial charge in [0, 0.05) is 5.38 Å². The highest BCUT2D eigenvalue weighted by molar-refractivity contribution is 7.09. The maximum Gasteiger partial charge on any atom is 0.257 e. The van der Waals surface area contributed by atoms with Crippen molar-refractivity contribution in [2.45, 2.75) is 33.4 Å². The van der Waals surface area contributed by atoms with Gasteiger partial charge in [-0.2, -0.15) is 0 Å². The first-order valence-corrected chi connectivity index (χ1v) is 8.61. The van der Waals surface area contributed by atoms with Gasteiger partial charge in [-0.05, 0) is 25.0 Å². The molecule has 5 nitrogen and oxygen atoms in total. The number of thiazole rings is 1. The standard InChI is InChI=1S/C17H19F2N3O2S/c1-9(2)15(17(24)20-7-11-8-25-10(3)21-11)22-16(23)14-12(18)5-4-6-13(14)19/h4-6,8-9,15H,7H2,1-3H3,(H,20,24)(H,22,23)/t15-/m0/s1. The van der Waals surface area contributed by atoms with E-state index in [9.17, 15) is 18.4 Å². The number of benzene rings is 1. The molecule has 2 N–H and O–H groups in total. The second-order valence-electron chi connectivity index (χ2n) is 5.87. The highest BCUT2D eigenvalue weighted by Gasteiger charge is 2.27. The lowest BCUT2D eigenvalue weighted by molar-refractivity contribution is -0.124. The van der Waals surface area contributed by atoms with Crippen LogP contribution in [0.1, 0.15) is 34.9 Å². The van der Waals surface area contributed by atoms with E-state index in [2.05, 4.69) is 15.6 Å². The Hall–Kier alpha value is -2.35. The first-order chi connectivity index (χ1) is 11.8. The molecule has 1 aromatic heterocycles. The summed E-state index contributed by atoms with van der Waals surface area (Å²) in [5.74, 6) is -3.62. The minimum absolute atomic E-state index is 0.219. The minimum atomic E-state index is -0.974. The van der Waals surface area contributed by atoms with Crippen molar-refractivity contribution in [1.82, 2.24) is 15.6 Å². The predicted molar refractivity (Wildman–Crippen MR) is 91.1 cm³/mol. The average Bonchev–Trinajstić information content (AvgIpc) is 2.95. The van der Waals surface area contributed by atoms with E-state index in [0.29, 0.717) is 5.69 Å². The molecule has 0 aliphatic carbocycles. The fourth-order valence-corrected chi connectivity index (χ4v) is 2.85. The molecule has 1 aromatic carbocycles. The minimum Gasteiger partial charge on any atom is -0.349 e. The summed E-state index contributed by atoms with van der Waals surface area (Å²) in [5, 5.41) is 7.80. The number of hydrogen-bond acceptors (Lipinski definition) is 4. The van der Waals surface area contributed by atoms with Crippen LogP contribution in [0.3, 0.4) is 0 Å². The molecule has 1 atom stereocenters. The molecule has 2 amide bonds. The molecule has 25 heavy (non-hydrogen) atoms. The Morgan fingerprint density at radius 2 is 1.88 bits per heavy atom. The van der Waals surface area contributed by atoms with Crippen LogP contribution in [0, 0.1) is 24.5 Å². The summed E-state index contributed by atoms with van der Waals surface area (Å²) in [6.45, 7) is 5.54. The first-order valence-electron chi connectivity index (χ1n) is 7.73. The number of hydrogen-bond donors (Lipinski definition) is 2. The van der Waals surface area contributed by atoms with E-state index in [4.69, 9.17) is 0 Å². The highest BCUT2D eigenvalue weighted by Crippen LogP contribution is 2.13. The zero-order valence-electron chi connectivity index (χ0n) is 14.1. The zero-order chi connectivity index (χ0) is 18.6. The highest BCUT2D eigenvalue weighted by atomic mass is 32.1. The fourth-order valence-electron chi connectivity index (χ4n) is 2.24. The number of nitrogens with one attached hydrogen (secondary N) is 2. The number of aryl methyl sites for hydroxylation is 1. The number of carbonyl (C=O) groups is 2. The van der Waals surface area contributed by atoms with Crippen LogP contribution in [0.25, 0.3) is 0 Å². The van der Waals surface area contributed by atoms with Crippen molar-refractivity contribution in [3.63, 3.8) is 0 Å². The molecule has 0 saturated carbocycles. The molecule has 0 saturated heterocycles. The van der Waals surface area contributed by atoms with Gasteiger partial charge < -0.3 is 10.6 Å². The van der Waals surface area contributed by atoms with Gasteiger partial charge in [-0.3, -0.25) is 9.59 Å². The molecule has 2 aromatic rings. The molecule has 0 unspecified atom stereocenters. The van der Waals surface area contributed by atoms with Gasteiger partial charge in [0.2, 0.25) is 5.91 Å². The third-order valence-corrected chi connectivity index (χ3v) is 4.36. The number of carbonyl (C=O) groups excluding carboxylic acids is 2. The summed E-state index contributed by atoms with van der Waals surface area (Å²) in [5.41, 5.74) is 0.0147. The van der Waals surface area contributed by atoms with Crippen LogP contribution in [-0.4, -0.2) is 22.8 Å². The SMILES string of the molecule is Cc1nc(CNC(=O)[C@@H](NC(=O)c2c(F)cccc2F)C(C)C)cs1. The lowest BCUT2D eigenvalue weighted by Crippen LogP contribution is -2.49. The van der Waals surface area contributed by atoms with E-state index in [1.807, 2.05) is 12.3 Å². The van der Waals surface area contributed by atoms with Crippen LogP contribution >= 0.6 is 11.3 Å². The summed E-state index contributed by atoms with van der Waals surface area (Å²) in [6.07, 6.45) is 0. The lowest BCUT2D eigenvalue weighted by atomic mass is 10.0. The van der Waals surface area contributed by atoms with Crippen molar-refractivity contribution in [3.05, 3.63) is 51.5 Å². The van der Waals surface area contributed by atoms with Gasteiger partial charge in [-0.1, -0.05) is 19.9 Å². The molecule has 8 heteroatoms. The van der Waals surface area contributed by atoms with E-state index in [0.717, 1.165) is 17.1 Å². The lowest BCUT2D eigenvalue weighted by Gasteiger charge is -2.21. The summed E-state index contributed by atoms with van der Waals surface area (Å²) in [7, 11) is 0. The molecule has 2 rings (SSSR count).